The molecule has 1 aliphatic rings. The van der Waals surface area contributed by atoms with Crippen molar-refractivity contribution in [2.75, 3.05) is 23.3 Å². The highest BCUT2D eigenvalue weighted by Gasteiger charge is 2.13. The number of carbonyl (C=O) groups is 2. The Kier molecular flexibility index (Phi) is 4.79. The maximum atomic E-state index is 12.3. The van der Waals surface area contributed by atoms with Gasteiger partial charge in [-0.15, -0.1) is 0 Å². The Morgan fingerprint density at radius 3 is 2.17 bits per heavy atom. The molecule has 0 bridgehead atoms. The van der Waals surface area contributed by atoms with Crippen molar-refractivity contribution in [2.45, 2.75) is 19.3 Å². The number of anilines is 2. The fourth-order valence-electron chi connectivity index (χ4n) is 2.88. The van der Waals surface area contributed by atoms with Gasteiger partial charge in [-0.25, -0.2) is 0 Å². The Morgan fingerprint density at radius 1 is 0.958 bits per heavy atom. The summed E-state index contributed by atoms with van der Waals surface area (Å²) in [6.07, 6.45) is 2.42. The van der Waals surface area contributed by atoms with Gasteiger partial charge in [-0.05, 0) is 54.8 Å². The van der Waals surface area contributed by atoms with Crippen LogP contribution >= 0.6 is 0 Å². The summed E-state index contributed by atoms with van der Waals surface area (Å²) in [6.45, 7) is 2.16. The minimum absolute atomic E-state index is 0.0216. The van der Waals surface area contributed by atoms with Gasteiger partial charge in [0.15, 0.2) is 0 Å². The molecule has 2 N–H and O–H groups in total. The molecule has 24 heavy (non-hydrogen) atoms. The number of nitrogens with zero attached hydrogens (tertiary/aromatic N) is 1. The first-order valence-electron chi connectivity index (χ1n) is 8.09. The number of nitrogens with one attached hydrogen (secondary N) is 1. The summed E-state index contributed by atoms with van der Waals surface area (Å²) in [7, 11) is 0. The van der Waals surface area contributed by atoms with E-state index in [9.17, 15) is 9.59 Å². The predicted molar refractivity (Wildman–Crippen MR) is 93.6 cm³/mol. The first-order valence-corrected chi connectivity index (χ1v) is 8.09. The molecule has 3 rings (SSSR count). The van der Waals surface area contributed by atoms with E-state index in [1.54, 1.807) is 24.3 Å². The molecule has 5 nitrogen and oxygen atoms in total. The van der Waals surface area contributed by atoms with Crippen LogP contribution in [0, 0.1) is 0 Å². The standard InChI is InChI=1S/C19H20N2O3/c22-18(23)13-14-3-7-16(8-4-14)20-19(24)15-5-9-17(10-6-15)21-11-1-2-12-21/h3-10H,1-2,11-13H2,(H,20,24)(H,22,23). The highest BCUT2D eigenvalue weighted by molar-refractivity contribution is 6.04. The van der Waals surface area contributed by atoms with Crippen molar-refractivity contribution >= 4 is 23.3 Å². The minimum Gasteiger partial charge on any atom is -0.481 e. The van der Waals surface area contributed by atoms with Gasteiger partial charge in [-0.3, -0.25) is 9.59 Å². The number of carbonyl (C=O) groups excluding carboxylic acids is 1. The topological polar surface area (TPSA) is 69.6 Å². The molecule has 0 saturated carbocycles. The minimum atomic E-state index is -0.870. The van der Waals surface area contributed by atoms with Crippen LogP contribution in [0.5, 0.6) is 0 Å². The van der Waals surface area contributed by atoms with Crippen LogP contribution in [0.2, 0.25) is 0 Å². The largest absolute Gasteiger partial charge is 0.481 e. The Morgan fingerprint density at radius 2 is 1.58 bits per heavy atom. The first-order chi connectivity index (χ1) is 11.6. The molecule has 0 unspecified atom stereocenters. The average Bonchev–Trinajstić information content (AvgIpc) is 3.11. The molecule has 1 heterocycles. The van der Waals surface area contributed by atoms with Gasteiger partial charge in [0.1, 0.15) is 0 Å². The maximum absolute atomic E-state index is 12.3. The van der Waals surface area contributed by atoms with Crippen LogP contribution in [0.4, 0.5) is 11.4 Å². The highest BCUT2D eigenvalue weighted by Crippen LogP contribution is 2.21. The SMILES string of the molecule is O=C(O)Cc1ccc(NC(=O)c2ccc(N3CCCC3)cc2)cc1. The van der Waals surface area contributed by atoms with Gasteiger partial charge >= 0.3 is 5.97 Å². The van der Waals surface area contributed by atoms with Gasteiger partial charge in [0.05, 0.1) is 6.42 Å². The van der Waals surface area contributed by atoms with Crippen molar-refractivity contribution in [3.63, 3.8) is 0 Å². The zero-order chi connectivity index (χ0) is 16.9. The molecule has 124 valence electrons. The van der Waals surface area contributed by atoms with Crippen LogP contribution in [-0.2, 0) is 11.2 Å². The molecule has 0 atom stereocenters. The van der Waals surface area contributed by atoms with Crippen molar-refractivity contribution in [1.82, 2.24) is 0 Å². The molecule has 0 spiro atoms. The van der Waals surface area contributed by atoms with Crippen molar-refractivity contribution in [2.24, 2.45) is 0 Å². The summed E-state index contributed by atoms with van der Waals surface area (Å²) in [5.41, 5.74) is 3.11. The lowest BCUT2D eigenvalue weighted by Crippen LogP contribution is -2.18. The molecule has 1 fully saturated rings. The van der Waals surface area contributed by atoms with E-state index in [2.05, 4.69) is 10.2 Å². The number of amides is 1. The number of rotatable bonds is 5. The lowest BCUT2D eigenvalue weighted by atomic mass is 10.1. The van der Waals surface area contributed by atoms with E-state index in [-0.39, 0.29) is 12.3 Å². The van der Waals surface area contributed by atoms with Gasteiger partial charge in [0.25, 0.3) is 5.91 Å². The van der Waals surface area contributed by atoms with Crippen molar-refractivity contribution in [1.29, 1.82) is 0 Å². The van der Waals surface area contributed by atoms with Gasteiger partial charge in [0.2, 0.25) is 0 Å². The van der Waals surface area contributed by atoms with E-state index in [1.807, 2.05) is 24.3 Å². The number of carboxylic acid groups (broad SMARTS) is 1. The van der Waals surface area contributed by atoms with E-state index in [0.29, 0.717) is 16.8 Å². The second kappa shape index (κ2) is 7.17. The number of carboxylic acids is 1. The van der Waals surface area contributed by atoms with Crippen molar-refractivity contribution < 1.29 is 14.7 Å². The second-order valence-corrected chi connectivity index (χ2v) is 5.96. The number of benzene rings is 2. The molecule has 2 aromatic rings. The van der Waals surface area contributed by atoms with E-state index >= 15 is 0 Å². The molecule has 1 amide bonds. The summed E-state index contributed by atoms with van der Waals surface area (Å²) in [6, 6.07) is 14.5. The fourth-order valence-corrected chi connectivity index (χ4v) is 2.88. The Hall–Kier alpha value is -2.82. The summed E-state index contributed by atoms with van der Waals surface area (Å²) in [5.74, 6) is -1.04. The number of hydrogen-bond acceptors (Lipinski definition) is 3. The first kappa shape index (κ1) is 16.1. The molecule has 1 saturated heterocycles. The summed E-state index contributed by atoms with van der Waals surface area (Å²) >= 11 is 0. The molecule has 0 radical (unpaired) electrons. The molecule has 5 heteroatoms. The quantitative estimate of drug-likeness (QED) is 0.886. The van der Waals surface area contributed by atoms with Crippen LogP contribution in [0.1, 0.15) is 28.8 Å². The third-order valence-electron chi connectivity index (χ3n) is 4.17. The van der Waals surface area contributed by atoms with E-state index in [0.717, 1.165) is 18.8 Å². The molecule has 0 aliphatic carbocycles. The predicted octanol–water partition coefficient (Wildman–Crippen LogP) is 3.17. The highest BCUT2D eigenvalue weighted by atomic mass is 16.4. The smallest absolute Gasteiger partial charge is 0.307 e. The second-order valence-electron chi connectivity index (χ2n) is 5.96. The van der Waals surface area contributed by atoms with Gasteiger partial charge < -0.3 is 15.3 Å². The zero-order valence-corrected chi connectivity index (χ0v) is 13.4. The monoisotopic (exact) mass is 324 g/mol. The normalized spacial score (nSPS) is 13.8. The van der Waals surface area contributed by atoms with Gasteiger partial charge in [-0.2, -0.15) is 0 Å². The molecule has 2 aromatic carbocycles. The third-order valence-corrected chi connectivity index (χ3v) is 4.17. The lowest BCUT2D eigenvalue weighted by Gasteiger charge is -2.17. The fraction of sp³-hybridized carbons (Fsp3) is 0.263. The summed E-state index contributed by atoms with van der Waals surface area (Å²) < 4.78 is 0. The van der Waals surface area contributed by atoms with Crippen molar-refractivity contribution in [3.8, 4) is 0 Å². The van der Waals surface area contributed by atoms with Crippen molar-refractivity contribution in [3.05, 3.63) is 59.7 Å². The van der Waals surface area contributed by atoms with Gasteiger partial charge in [-0.1, -0.05) is 12.1 Å². The van der Waals surface area contributed by atoms with E-state index in [1.165, 1.54) is 12.8 Å². The average molecular weight is 324 g/mol. The van der Waals surface area contributed by atoms with Crippen LogP contribution in [0.25, 0.3) is 0 Å². The van der Waals surface area contributed by atoms with Crippen LogP contribution in [0.3, 0.4) is 0 Å². The van der Waals surface area contributed by atoms with E-state index < -0.39 is 5.97 Å². The number of aliphatic carboxylic acids is 1. The zero-order valence-electron chi connectivity index (χ0n) is 13.4. The molecule has 0 aromatic heterocycles. The summed E-state index contributed by atoms with van der Waals surface area (Å²) in [5, 5.41) is 11.6. The van der Waals surface area contributed by atoms with Gasteiger partial charge in [0, 0.05) is 30.0 Å². The lowest BCUT2D eigenvalue weighted by molar-refractivity contribution is -0.136. The molecular weight excluding hydrogens is 304 g/mol. The Balaban J connectivity index is 1.62. The van der Waals surface area contributed by atoms with Crippen LogP contribution in [-0.4, -0.2) is 30.1 Å². The number of hydrogen-bond donors (Lipinski definition) is 2. The molecular formula is C19H20N2O3. The third kappa shape index (κ3) is 3.93. The Bertz CT molecular complexity index is 717. The maximum Gasteiger partial charge on any atom is 0.307 e. The van der Waals surface area contributed by atoms with E-state index in [4.69, 9.17) is 5.11 Å². The summed E-state index contributed by atoms with van der Waals surface area (Å²) in [4.78, 5) is 25.3. The Labute approximate surface area is 140 Å². The molecule has 1 aliphatic heterocycles. The van der Waals surface area contributed by atoms with Crippen LogP contribution < -0.4 is 10.2 Å². The van der Waals surface area contributed by atoms with Crippen LogP contribution in [0.15, 0.2) is 48.5 Å².